The second-order valence-electron chi connectivity index (χ2n) is 7.20. The van der Waals surface area contributed by atoms with E-state index in [0.29, 0.717) is 5.75 Å². The summed E-state index contributed by atoms with van der Waals surface area (Å²) in [4.78, 5) is 12.7. The summed E-state index contributed by atoms with van der Waals surface area (Å²) in [5, 5.41) is 3.02. The van der Waals surface area contributed by atoms with Crippen molar-refractivity contribution in [3.8, 4) is 17.2 Å². The molecule has 0 unspecified atom stereocenters. The molecule has 0 bridgehead atoms. The van der Waals surface area contributed by atoms with Gasteiger partial charge in [-0.3, -0.25) is 4.79 Å². The molecular formula is C23H29NO4. The standard InChI is InChI=1S/C23H29NO4/c1-15(20-14-18(26-3)12-13-21(20)27-4)24-23(25)16(2)28-22-11-7-9-17-8-5-6-10-19(17)22/h7,9,11-16H,5-6,8,10H2,1-4H3,(H,24,25)/t15-,16-/m1/s1. The maximum Gasteiger partial charge on any atom is 0.261 e. The molecule has 0 saturated carbocycles. The Labute approximate surface area is 167 Å². The molecule has 0 saturated heterocycles. The molecule has 150 valence electrons. The SMILES string of the molecule is COc1ccc(OC)c([C@@H](C)NC(=O)[C@@H](C)Oc2cccc3c2CCCC3)c1. The first kappa shape index (κ1) is 20.1. The molecule has 3 rings (SSSR count). The van der Waals surface area contributed by atoms with Crippen LogP contribution >= 0.6 is 0 Å². The molecule has 0 heterocycles. The van der Waals surface area contributed by atoms with E-state index in [1.807, 2.05) is 37.3 Å². The van der Waals surface area contributed by atoms with E-state index in [2.05, 4.69) is 11.4 Å². The summed E-state index contributed by atoms with van der Waals surface area (Å²) in [5.74, 6) is 2.09. The summed E-state index contributed by atoms with van der Waals surface area (Å²) >= 11 is 0. The van der Waals surface area contributed by atoms with Gasteiger partial charge < -0.3 is 19.5 Å². The number of nitrogens with one attached hydrogen (secondary N) is 1. The van der Waals surface area contributed by atoms with Crippen molar-refractivity contribution < 1.29 is 19.0 Å². The summed E-state index contributed by atoms with van der Waals surface area (Å²) in [6, 6.07) is 11.4. The van der Waals surface area contributed by atoms with Gasteiger partial charge in [0.1, 0.15) is 17.2 Å². The molecular weight excluding hydrogens is 354 g/mol. The topological polar surface area (TPSA) is 56.8 Å². The number of hydrogen-bond acceptors (Lipinski definition) is 4. The van der Waals surface area contributed by atoms with Gasteiger partial charge in [0.2, 0.25) is 0 Å². The minimum absolute atomic E-state index is 0.161. The van der Waals surface area contributed by atoms with E-state index in [-0.39, 0.29) is 11.9 Å². The van der Waals surface area contributed by atoms with E-state index in [1.54, 1.807) is 21.1 Å². The normalized spacial score (nSPS) is 15.1. The van der Waals surface area contributed by atoms with Crippen LogP contribution in [-0.4, -0.2) is 26.2 Å². The molecule has 0 aliphatic heterocycles. The predicted molar refractivity (Wildman–Crippen MR) is 109 cm³/mol. The lowest BCUT2D eigenvalue weighted by atomic mass is 9.91. The summed E-state index contributed by atoms with van der Waals surface area (Å²) in [7, 11) is 3.23. The Morgan fingerprint density at radius 1 is 1.00 bits per heavy atom. The smallest absolute Gasteiger partial charge is 0.261 e. The highest BCUT2D eigenvalue weighted by Gasteiger charge is 2.22. The predicted octanol–water partition coefficient (Wildman–Crippen LogP) is 4.23. The second-order valence-corrected chi connectivity index (χ2v) is 7.20. The molecule has 2 aromatic rings. The van der Waals surface area contributed by atoms with Crippen LogP contribution < -0.4 is 19.5 Å². The average molecular weight is 383 g/mol. The number of carbonyl (C=O) groups excluding carboxylic acids is 1. The number of aryl methyl sites for hydroxylation is 1. The van der Waals surface area contributed by atoms with E-state index in [4.69, 9.17) is 14.2 Å². The Bertz CT molecular complexity index is 833. The lowest BCUT2D eigenvalue weighted by Gasteiger charge is -2.23. The van der Waals surface area contributed by atoms with Crippen molar-refractivity contribution in [2.45, 2.75) is 51.7 Å². The highest BCUT2D eigenvalue weighted by Crippen LogP contribution is 2.31. The number of carbonyl (C=O) groups is 1. The summed E-state index contributed by atoms with van der Waals surface area (Å²) in [6.07, 6.45) is 3.89. The highest BCUT2D eigenvalue weighted by molar-refractivity contribution is 5.81. The Hall–Kier alpha value is -2.69. The van der Waals surface area contributed by atoms with E-state index in [1.165, 1.54) is 24.0 Å². The van der Waals surface area contributed by atoms with Crippen molar-refractivity contribution in [2.75, 3.05) is 14.2 Å². The fourth-order valence-corrected chi connectivity index (χ4v) is 3.69. The molecule has 5 nitrogen and oxygen atoms in total. The lowest BCUT2D eigenvalue weighted by molar-refractivity contribution is -0.127. The molecule has 0 radical (unpaired) electrons. The first-order valence-corrected chi connectivity index (χ1v) is 9.83. The van der Waals surface area contributed by atoms with E-state index < -0.39 is 6.10 Å². The molecule has 2 atom stereocenters. The molecule has 0 spiro atoms. The molecule has 5 heteroatoms. The maximum atomic E-state index is 12.7. The van der Waals surface area contributed by atoms with Gasteiger partial charge in [-0.05, 0) is 74.9 Å². The molecule has 2 aromatic carbocycles. The number of amides is 1. The van der Waals surface area contributed by atoms with Gasteiger partial charge in [-0.1, -0.05) is 12.1 Å². The minimum atomic E-state index is -0.590. The van der Waals surface area contributed by atoms with E-state index in [9.17, 15) is 4.79 Å². The average Bonchev–Trinajstić information content (AvgIpc) is 2.73. The van der Waals surface area contributed by atoms with Gasteiger partial charge in [0.15, 0.2) is 6.10 Å². The zero-order valence-corrected chi connectivity index (χ0v) is 17.1. The summed E-state index contributed by atoms with van der Waals surface area (Å²) in [6.45, 7) is 3.71. The maximum absolute atomic E-state index is 12.7. The van der Waals surface area contributed by atoms with Gasteiger partial charge >= 0.3 is 0 Å². The molecule has 0 aromatic heterocycles. The molecule has 1 amide bonds. The third-order valence-corrected chi connectivity index (χ3v) is 5.29. The first-order valence-electron chi connectivity index (χ1n) is 9.83. The van der Waals surface area contributed by atoms with Gasteiger partial charge in [-0.15, -0.1) is 0 Å². The molecule has 1 aliphatic rings. The summed E-state index contributed by atoms with van der Waals surface area (Å²) < 4.78 is 16.8. The minimum Gasteiger partial charge on any atom is -0.497 e. The number of rotatable bonds is 7. The van der Waals surface area contributed by atoms with Crippen LogP contribution in [0.1, 0.15) is 49.4 Å². The third kappa shape index (κ3) is 4.41. The Morgan fingerprint density at radius 3 is 2.54 bits per heavy atom. The third-order valence-electron chi connectivity index (χ3n) is 5.29. The van der Waals surface area contributed by atoms with Crippen molar-refractivity contribution in [2.24, 2.45) is 0 Å². The van der Waals surface area contributed by atoms with Crippen molar-refractivity contribution in [3.05, 3.63) is 53.1 Å². The quantitative estimate of drug-likeness (QED) is 0.777. The van der Waals surface area contributed by atoms with Crippen molar-refractivity contribution in [1.82, 2.24) is 5.32 Å². The lowest BCUT2D eigenvalue weighted by Crippen LogP contribution is -2.38. The van der Waals surface area contributed by atoms with E-state index >= 15 is 0 Å². The van der Waals surface area contributed by atoms with Crippen LogP contribution in [0.15, 0.2) is 36.4 Å². The number of hydrogen-bond donors (Lipinski definition) is 1. The van der Waals surface area contributed by atoms with Gasteiger partial charge in [0, 0.05) is 5.56 Å². The monoisotopic (exact) mass is 383 g/mol. The fraction of sp³-hybridized carbons (Fsp3) is 0.435. The van der Waals surface area contributed by atoms with Crippen LogP contribution in [0.25, 0.3) is 0 Å². The second kappa shape index (κ2) is 9.00. The van der Waals surface area contributed by atoms with Crippen molar-refractivity contribution >= 4 is 5.91 Å². The van der Waals surface area contributed by atoms with Crippen molar-refractivity contribution in [3.63, 3.8) is 0 Å². The van der Waals surface area contributed by atoms with Crippen molar-refractivity contribution in [1.29, 1.82) is 0 Å². The number of benzene rings is 2. The Kier molecular flexibility index (Phi) is 6.45. The highest BCUT2D eigenvalue weighted by atomic mass is 16.5. The number of fused-ring (bicyclic) bond motifs is 1. The largest absolute Gasteiger partial charge is 0.497 e. The Morgan fingerprint density at radius 2 is 1.79 bits per heavy atom. The molecule has 1 N–H and O–H groups in total. The van der Waals surface area contributed by atoms with Crippen LogP contribution in [0, 0.1) is 0 Å². The van der Waals surface area contributed by atoms with Crippen LogP contribution in [0.2, 0.25) is 0 Å². The number of ether oxygens (including phenoxy) is 3. The fourth-order valence-electron chi connectivity index (χ4n) is 3.69. The summed E-state index contributed by atoms with van der Waals surface area (Å²) in [5.41, 5.74) is 3.45. The van der Waals surface area contributed by atoms with E-state index in [0.717, 1.165) is 29.9 Å². The molecule has 1 aliphatic carbocycles. The van der Waals surface area contributed by atoms with Gasteiger partial charge in [0.05, 0.1) is 20.3 Å². The Balaban J connectivity index is 1.69. The van der Waals surface area contributed by atoms with Gasteiger partial charge in [0.25, 0.3) is 5.91 Å². The van der Waals surface area contributed by atoms with Crippen LogP contribution in [0.5, 0.6) is 17.2 Å². The van der Waals surface area contributed by atoms with Gasteiger partial charge in [-0.2, -0.15) is 0 Å². The molecule has 28 heavy (non-hydrogen) atoms. The molecule has 0 fully saturated rings. The van der Waals surface area contributed by atoms with Gasteiger partial charge in [-0.25, -0.2) is 0 Å². The first-order chi connectivity index (χ1) is 13.5. The number of methoxy groups -OCH3 is 2. The zero-order valence-electron chi connectivity index (χ0n) is 17.1. The van der Waals surface area contributed by atoms with Crippen LogP contribution in [-0.2, 0) is 17.6 Å². The van der Waals surface area contributed by atoms with Crippen LogP contribution in [0.3, 0.4) is 0 Å². The van der Waals surface area contributed by atoms with Crippen LogP contribution in [0.4, 0.5) is 0 Å². The zero-order chi connectivity index (χ0) is 20.1.